The van der Waals surface area contributed by atoms with Crippen molar-refractivity contribution >= 4 is 154 Å². The maximum absolute atomic E-state index is 12.9. The molecule has 23 heteroatoms. The molecule has 0 amide bonds. The Hall–Kier alpha value is -8.88. The van der Waals surface area contributed by atoms with Crippen LogP contribution >= 0.6 is 92.8 Å². The zero-order chi connectivity index (χ0) is 73.1. The number of fused-ring (bicyclic) bond motifs is 2. The summed E-state index contributed by atoms with van der Waals surface area (Å²) in [5, 5.41) is 5.81. The monoisotopic (exact) mass is 1600 g/mol. The zero-order valence-electron chi connectivity index (χ0n) is 53.2. The average molecular weight is 1600 g/mol. The lowest BCUT2D eigenvalue weighted by molar-refractivity contribution is 0.482. The number of rotatable bonds is 15. The highest BCUT2D eigenvalue weighted by molar-refractivity contribution is 7.92. The largest absolute Gasteiger partial charge is 0.457 e. The van der Waals surface area contributed by atoms with Crippen molar-refractivity contribution < 1.29 is 47.9 Å². The summed E-state index contributed by atoms with van der Waals surface area (Å²) in [6.45, 7) is 0. The number of halogens is 8. The quantitative estimate of drug-likeness (QED) is 0.0959. The maximum Gasteiger partial charge on any atom is 0.208 e. The topological polar surface area (TPSA) is 164 Å². The first-order chi connectivity index (χ1) is 49.3. The van der Waals surface area contributed by atoms with Gasteiger partial charge < -0.3 is 14.2 Å². The zero-order valence-corrected chi connectivity index (χ0v) is 62.5. The van der Waals surface area contributed by atoms with Crippen molar-refractivity contribution in [2.75, 3.05) is 0 Å². The first kappa shape index (κ1) is 75.3. The molecule has 0 saturated carbocycles. The van der Waals surface area contributed by atoms with Gasteiger partial charge >= 0.3 is 0 Å². The Morgan fingerprint density at radius 1 is 0.194 bits per heavy atom. The average Bonchev–Trinajstić information content (AvgIpc) is 0.774. The van der Waals surface area contributed by atoms with Crippen LogP contribution in [0.4, 0.5) is 0 Å². The third-order valence-electron chi connectivity index (χ3n) is 15.3. The van der Waals surface area contributed by atoms with Gasteiger partial charge in [-0.25, -0.2) is 33.7 Å². The highest BCUT2D eigenvalue weighted by atomic mass is 35.5. The lowest BCUT2D eigenvalue weighted by Crippen LogP contribution is -2.02. The highest BCUT2D eigenvalue weighted by Gasteiger charge is 2.26. The number of benzene rings is 14. The van der Waals surface area contributed by atoms with Crippen molar-refractivity contribution in [2.24, 2.45) is 0 Å². The van der Waals surface area contributed by atoms with E-state index in [1.165, 1.54) is 84.9 Å². The summed E-state index contributed by atoms with van der Waals surface area (Å²) in [7, 11) is -15.0. The smallest absolute Gasteiger partial charge is 0.208 e. The predicted octanol–water partition coefficient (Wildman–Crippen LogP) is 24.7. The summed E-state index contributed by atoms with van der Waals surface area (Å²) in [5.41, 5.74) is 2.21. The fraction of sp³-hybridized carbons (Fsp3) is 0. The van der Waals surface area contributed by atoms with Gasteiger partial charge in [-0.15, -0.1) is 0 Å². The molecule has 0 saturated heterocycles. The molecule has 0 spiro atoms. The normalized spacial score (nSPS) is 11.4. The van der Waals surface area contributed by atoms with Gasteiger partial charge in [-0.2, -0.15) is 0 Å². The number of hydrogen-bond acceptors (Lipinski definition) is 11. The summed E-state index contributed by atoms with van der Waals surface area (Å²) in [6, 6.07) is 89.3. The lowest BCUT2D eigenvalue weighted by atomic mass is 10.1. The molecule has 11 nitrogen and oxygen atoms in total. The molecule has 0 aliphatic rings. The van der Waals surface area contributed by atoms with Gasteiger partial charge in [0.1, 0.15) is 34.5 Å². The minimum Gasteiger partial charge on any atom is -0.457 e. The van der Waals surface area contributed by atoms with E-state index in [0.29, 0.717) is 54.6 Å². The van der Waals surface area contributed by atoms with E-state index in [-0.39, 0.29) is 59.3 Å². The van der Waals surface area contributed by atoms with Crippen molar-refractivity contribution in [1.82, 2.24) is 0 Å². The van der Waals surface area contributed by atoms with E-state index in [4.69, 9.17) is 107 Å². The molecule has 0 aromatic heterocycles. The molecule has 0 radical (unpaired) electrons. The highest BCUT2D eigenvalue weighted by Crippen LogP contribution is 2.38. The molecule has 0 bridgehead atoms. The Morgan fingerprint density at radius 3 is 0.816 bits per heavy atom. The number of para-hydroxylation sites is 1. The van der Waals surface area contributed by atoms with Gasteiger partial charge in [0.25, 0.3) is 0 Å². The van der Waals surface area contributed by atoms with Crippen molar-refractivity contribution in [3.8, 4) is 45.6 Å². The molecule has 0 fully saturated rings. The van der Waals surface area contributed by atoms with Crippen LogP contribution in [0.1, 0.15) is 0 Å². The van der Waals surface area contributed by atoms with Gasteiger partial charge in [-0.05, 0) is 227 Å². The number of hydrogen-bond donors (Lipinski definition) is 0. The van der Waals surface area contributed by atoms with E-state index in [1.807, 2.05) is 152 Å². The third-order valence-corrected chi connectivity index (χ3v) is 25.2. The molecule has 0 N–H and O–H groups in total. The Morgan fingerprint density at radius 2 is 0.447 bits per heavy atom. The number of sulfone groups is 4. The second kappa shape index (κ2) is 33.3. The second-order valence-corrected chi connectivity index (χ2v) is 33.3. The van der Waals surface area contributed by atoms with Crippen LogP contribution in [-0.4, -0.2) is 33.7 Å². The lowest BCUT2D eigenvalue weighted by Gasteiger charge is -2.10. The van der Waals surface area contributed by atoms with E-state index in [9.17, 15) is 33.7 Å². The molecule has 103 heavy (non-hydrogen) atoms. The molecular formula is C80H52Cl8O11S4. The van der Waals surface area contributed by atoms with Crippen molar-refractivity contribution in [3.63, 3.8) is 0 Å². The first-order valence-electron chi connectivity index (χ1n) is 30.6. The van der Waals surface area contributed by atoms with Gasteiger partial charge in [-0.3, -0.25) is 0 Å². The van der Waals surface area contributed by atoms with Crippen LogP contribution < -0.4 is 14.2 Å². The molecule has 0 atom stereocenters. The predicted molar refractivity (Wildman–Crippen MR) is 413 cm³/mol. The minimum absolute atomic E-state index is 0.0200. The fourth-order valence-electron chi connectivity index (χ4n) is 10.1. The summed E-state index contributed by atoms with van der Waals surface area (Å²) >= 11 is 47.8. The minimum atomic E-state index is -3.79. The van der Waals surface area contributed by atoms with Crippen LogP contribution in [0.2, 0.25) is 40.2 Å². The molecule has 0 aliphatic heterocycles. The molecule has 14 aromatic rings. The summed E-state index contributed by atoms with van der Waals surface area (Å²) in [5.74, 6) is 3.60. The summed E-state index contributed by atoms with van der Waals surface area (Å²) in [4.78, 5) is 0.491. The van der Waals surface area contributed by atoms with E-state index >= 15 is 0 Å². The van der Waals surface area contributed by atoms with Crippen LogP contribution in [0.15, 0.2) is 355 Å². The molecule has 0 aliphatic carbocycles. The van der Waals surface area contributed by atoms with Crippen molar-refractivity contribution in [1.29, 1.82) is 0 Å². The Balaban J connectivity index is 0.000000139. The molecule has 0 heterocycles. The van der Waals surface area contributed by atoms with Gasteiger partial charge in [0.15, 0.2) is 0 Å². The van der Waals surface area contributed by atoms with Gasteiger partial charge in [0.05, 0.1) is 59.3 Å². The second-order valence-electron chi connectivity index (χ2n) is 22.3. The Labute approximate surface area is 636 Å². The van der Waals surface area contributed by atoms with Gasteiger partial charge in [0, 0.05) is 20.1 Å². The van der Waals surface area contributed by atoms with E-state index in [1.54, 1.807) is 78.9 Å². The summed E-state index contributed by atoms with van der Waals surface area (Å²) < 4.78 is 120. The fourth-order valence-corrected chi connectivity index (χ4v) is 18.2. The van der Waals surface area contributed by atoms with E-state index in [2.05, 4.69) is 0 Å². The van der Waals surface area contributed by atoms with Gasteiger partial charge in [-0.1, -0.05) is 214 Å². The van der Waals surface area contributed by atoms with Crippen molar-refractivity contribution in [2.45, 2.75) is 39.2 Å². The molecule has 0 unspecified atom stereocenters. The van der Waals surface area contributed by atoms with Crippen molar-refractivity contribution in [3.05, 3.63) is 356 Å². The van der Waals surface area contributed by atoms with Gasteiger partial charge in [0.2, 0.25) is 39.3 Å². The van der Waals surface area contributed by atoms with Crippen LogP contribution in [0, 0.1) is 0 Å². The SMILES string of the molecule is O=S(=O)(c1ccc(Oc2ccc(-c3ccccc3)cc2)cc1)c1cc(Cl)ccc1Cl.O=S(=O)(c1ccc(Oc2ccc3ccccc3c2)cc1)c1cc(Cl)ccc1Cl.O=S(=O)(c1ccc(Oc2ccccc2)cc1)c1cc(Cl)ccc1Cl.O=S(=O)(c1ccc2ccccc2c1)c1cc(Cl)ccc1Cl. The summed E-state index contributed by atoms with van der Waals surface area (Å²) in [6.07, 6.45) is 0. The Bertz CT molecular complexity index is 5870. The van der Waals surface area contributed by atoms with E-state index < -0.39 is 39.3 Å². The maximum atomic E-state index is 12.9. The van der Waals surface area contributed by atoms with Crippen LogP contribution in [0.3, 0.4) is 0 Å². The van der Waals surface area contributed by atoms with Crippen LogP contribution in [0.25, 0.3) is 32.7 Å². The molecule has 14 aromatic carbocycles. The first-order valence-corrected chi connectivity index (χ1v) is 39.6. The number of ether oxygens (including phenoxy) is 3. The third kappa shape index (κ3) is 18.7. The molecule has 518 valence electrons. The van der Waals surface area contributed by atoms with E-state index in [0.717, 1.165) is 32.7 Å². The van der Waals surface area contributed by atoms with Crippen LogP contribution in [-0.2, 0) is 39.3 Å². The molecule has 14 rings (SSSR count). The molecular weight excluding hydrogens is 1550 g/mol. The standard InChI is InChI=1S/C24H16Cl2O3S.C22H14Cl2O3S.C18H12Cl2O3S.C16H10Cl2O2S/c25-19-8-15-23(26)24(16-19)30(27,28)22-13-11-21(12-14-22)29-20-9-6-18(7-10-20)17-4-2-1-3-5-17;23-17-6-12-21(24)22(14-17)28(25,26)20-10-8-18(9-11-20)27-19-7-5-15-3-1-2-4-16(15)13-19;19-13-6-11-17(20)18(12-13)24(21,22)16-9-7-15(8-10-16)23-14-4-2-1-3-5-14;17-13-6-8-15(18)16(10-13)21(19,20)14-7-5-11-3-1-2-4-12(11)9-14/h1-16H;1-14H;1-12H;1-10H. The van der Waals surface area contributed by atoms with Crippen LogP contribution in [0.5, 0.6) is 34.5 Å². The Kier molecular flexibility index (Phi) is 24.3.